The van der Waals surface area contributed by atoms with Gasteiger partial charge in [0.05, 0.1) is 16.9 Å². The summed E-state index contributed by atoms with van der Waals surface area (Å²) in [6.45, 7) is 8.06. The molecule has 3 aromatic rings. The van der Waals surface area contributed by atoms with Gasteiger partial charge in [0.1, 0.15) is 5.76 Å². The smallest absolute Gasteiger partial charge is 0.226 e. The molecule has 6 heteroatoms. The monoisotopic (exact) mass is 354 g/mol. The van der Waals surface area contributed by atoms with Crippen molar-refractivity contribution in [3.63, 3.8) is 0 Å². The summed E-state index contributed by atoms with van der Waals surface area (Å²) in [7, 11) is 0. The highest BCUT2D eigenvalue weighted by Crippen LogP contribution is 2.22. The minimum absolute atomic E-state index is 0.718. The van der Waals surface area contributed by atoms with Gasteiger partial charge in [0.15, 0.2) is 0 Å². The third kappa shape index (κ3) is 3.98. The molecule has 0 N–H and O–H groups in total. The normalized spacial score (nSPS) is 16.4. The molecule has 5 nitrogen and oxygen atoms in total. The summed E-state index contributed by atoms with van der Waals surface area (Å²) < 4.78 is 5.88. The van der Waals surface area contributed by atoms with Crippen LogP contribution >= 0.6 is 11.3 Å². The molecule has 3 heterocycles. The Morgan fingerprint density at radius 3 is 2.44 bits per heavy atom. The maximum atomic E-state index is 5.88. The van der Waals surface area contributed by atoms with Crippen molar-refractivity contribution in [3.05, 3.63) is 58.4 Å². The molecule has 4 rings (SSSR count). The van der Waals surface area contributed by atoms with E-state index in [1.807, 2.05) is 42.8 Å². The Hall–Kier alpha value is -2.02. The van der Waals surface area contributed by atoms with Crippen molar-refractivity contribution >= 4 is 11.3 Å². The number of hydrogen-bond acceptors (Lipinski definition) is 6. The molecule has 130 valence electrons. The van der Waals surface area contributed by atoms with Crippen LogP contribution in [-0.2, 0) is 13.1 Å². The molecule has 1 aliphatic rings. The second kappa shape index (κ2) is 7.47. The molecule has 0 spiro atoms. The maximum absolute atomic E-state index is 5.88. The largest absolute Gasteiger partial charge is 0.441 e. The van der Waals surface area contributed by atoms with Gasteiger partial charge in [0.25, 0.3) is 0 Å². The van der Waals surface area contributed by atoms with Gasteiger partial charge in [0, 0.05) is 50.2 Å². The van der Waals surface area contributed by atoms with Crippen LogP contribution in [0.25, 0.3) is 11.5 Å². The molecule has 1 fully saturated rings. The van der Waals surface area contributed by atoms with Crippen molar-refractivity contribution in [1.29, 1.82) is 0 Å². The van der Waals surface area contributed by atoms with Crippen molar-refractivity contribution in [2.45, 2.75) is 20.0 Å². The first-order valence-corrected chi connectivity index (χ1v) is 9.56. The standard InChI is InChI=1S/C19H22N4OS/c1-15-18(21-19(24-15)16-5-3-2-4-6-16)12-23-9-7-22(8-10-23)11-17-13-25-14-20-17/h2-6,13-14H,7-12H2,1H3. The predicted octanol–water partition coefficient (Wildman–Crippen LogP) is 3.42. The summed E-state index contributed by atoms with van der Waals surface area (Å²) in [4.78, 5) is 14.0. The summed E-state index contributed by atoms with van der Waals surface area (Å²) in [5.41, 5.74) is 5.17. The van der Waals surface area contributed by atoms with Crippen LogP contribution < -0.4 is 0 Å². The zero-order valence-electron chi connectivity index (χ0n) is 14.4. The first kappa shape index (κ1) is 16.4. The van der Waals surface area contributed by atoms with Gasteiger partial charge < -0.3 is 4.42 Å². The van der Waals surface area contributed by atoms with E-state index >= 15 is 0 Å². The van der Waals surface area contributed by atoms with E-state index in [-0.39, 0.29) is 0 Å². The van der Waals surface area contributed by atoms with E-state index in [0.29, 0.717) is 0 Å². The molecular weight excluding hydrogens is 332 g/mol. The van der Waals surface area contributed by atoms with E-state index in [1.165, 1.54) is 5.69 Å². The van der Waals surface area contributed by atoms with Gasteiger partial charge in [-0.2, -0.15) is 0 Å². The second-order valence-electron chi connectivity index (χ2n) is 6.42. The zero-order valence-corrected chi connectivity index (χ0v) is 15.2. The highest BCUT2D eigenvalue weighted by Gasteiger charge is 2.20. The Morgan fingerprint density at radius 2 is 1.76 bits per heavy atom. The molecule has 1 aliphatic heterocycles. The van der Waals surface area contributed by atoms with Crippen LogP contribution in [0.2, 0.25) is 0 Å². The second-order valence-corrected chi connectivity index (χ2v) is 7.14. The molecule has 0 aliphatic carbocycles. The van der Waals surface area contributed by atoms with E-state index in [0.717, 1.165) is 62.2 Å². The number of aryl methyl sites for hydroxylation is 1. The summed E-state index contributed by atoms with van der Waals surface area (Å²) in [5.74, 6) is 1.64. The van der Waals surface area contributed by atoms with E-state index in [4.69, 9.17) is 9.40 Å². The molecule has 0 amide bonds. The van der Waals surface area contributed by atoms with Gasteiger partial charge in [-0.15, -0.1) is 11.3 Å². The van der Waals surface area contributed by atoms with Crippen LogP contribution in [0.15, 0.2) is 45.6 Å². The molecular formula is C19H22N4OS. The Bertz CT molecular complexity index is 792. The molecule has 0 radical (unpaired) electrons. The average Bonchev–Trinajstić information content (AvgIpc) is 3.28. The van der Waals surface area contributed by atoms with E-state index in [9.17, 15) is 0 Å². The first-order valence-electron chi connectivity index (χ1n) is 8.61. The molecule has 25 heavy (non-hydrogen) atoms. The van der Waals surface area contributed by atoms with Crippen LogP contribution in [0.1, 0.15) is 17.1 Å². The lowest BCUT2D eigenvalue weighted by atomic mass is 10.2. The highest BCUT2D eigenvalue weighted by molar-refractivity contribution is 7.07. The quantitative estimate of drug-likeness (QED) is 0.702. The van der Waals surface area contributed by atoms with Gasteiger partial charge in [-0.05, 0) is 19.1 Å². The SMILES string of the molecule is Cc1oc(-c2ccccc2)nc1CN1CCN(Cc2cscn2)CC1. The molecule has 0 saturated carbocycles. The molecule has 1 aromatic carbocycles. The van der Waals surface area contributed by atoms with Crippen LogP contribution in [0.5, 0.6) is 0 Å². The number of aromatic nitrogens is 2. The first-order chi connectivity index (χ1) is 12.3. The molecule has 0 unspecified atom stereocenters. The average molecular weight is 354 g/mol. The van der Waals surface area contributed by atoms with E-state index in [2.05, 4.69) is 20.2 Å². The summed E-state index contributed by atoms with van der Waals surface area (Å²) in [5, 5.41) is 2.14. The number of oxazole rings is 1. The van der Waals surface area contributed by atoms with Crippen molar-refractivity contribution in [1.82, 2.24) is 19.8 Å². The van der Waals surface area contributed by atoms with Gasteiger partial charge in [-0.25, -0.2) is 9.97 Å². The van der Waals surface area contributed by atoms with Gasteiger partial charge >= 0.3 is 0 Å². The molecule has 2 aromatic heterocycles. The van der Waals surface area contributed by atoms with E-state index in [1.54, 1.807) is 11.3 Å². The molecule has 1 saturated heterocycles. The predicted molar refractivity (Wildman–Crippen MR) is 99.3 cm³/mol. The minimum Gasteiger partial charge on any atom is -0.441 e. The van der Waals surface area contributed by atoms with Gasteiger partial charge in [-0.3, -0.25) is 9.80 Å². The Balaban J connectivity index is 1.35. The minimum atomic E-state index is 0.718. The molecule has 0 bridgehead atoms. The lowest BCUT2D eigenvalue weighted by molar-refractivity contribution is 0.120. The summed E-state index contributed by atoms with van der Waals surface area (Å²) >= 11 is 1.67. The Kier molecular flexibility index (Phi) is 4.92. The highest BCUT2D eigenvalue weighted by atomic mass is 32.1. The fraction of sp³-hybridized carbons (Fsp3) is 0.368. The van der Waals surface area contributed by atoms with Gasteiger partial charge in [-0.1, -0.05) is 18.2 Å². The summed E-state index contributed by atoms with van der Waals surface area (Å²) in [6, 6.07) is 10.1. The molecule has 0 atom stereocenters. The van der Waals surface area contributed by atoms with Crippen molar-refractivity contribution in [2.75, 3.05) is 26.2 Å². The van der Waals surface area contributed by atoms with Crippen molar-refractivity contribution in [2.24, 2.45) is 0 Å². The third-order valence-electron chi connectivity index (χ3n) is 4.62. The van der Waals surface area contributed by atoms with Crippen molar-refractivity contribution in [3.8, 4) is 11.5 Å². The Morgan fingerprint density at radius 1 is 1.04 bits per heavy atom. The van der Waals surface area contributed by atoms with Crippen LogP contribution in [-0.4, -0.2) is 45.9 Å². The lowest BCUT2D eigenvalue weighted by Gasteiger charge is -2.33. The number of piperazine rings is 1. The Labute approximate surface area is 151 Å². The number of benzene rings is 1. The van der Waals surface area contributed by atoms with E-state index < -0.39 is 0 Å². The fourth-order valence-corrected chi connectivity index (χ4v) is 3.69. The van der Waals surface area contributed by atoms with Gasteiger partial charge in [0.2, 0.25) is 5.89 Å². The van der Waals surface area contributed by atoms with Crippen molar-refractivity contribution < 1.29 is 4.42 Å². The topological polar surface area (TPSA) is 45.4 Å². The lowest BCUT2D eigenvalue weighted by Crippen LogP contribution is -2.45. The number of thiazole rings is 1. The fourth-order valence-electron chi connectivity index (χ4n) is 3.14. The number of hydrogen-bond donors (Lipinski definition) is 0. The van der Waals surface area contributed by atoms with Crippen LogP contribution in [0, 0.1) is 6.92 Å². The maximum Gasteiger partial charge on any atom is 0.226 e. The zero-order chi connectivity index (χ0) is 17.1. The van der Waals surface area contributed by atoms with Crippen LogP contribution in [0.3, 0.4) is 0 Å². The number of nitrogens with zero attached hydrogens (tertiary/aromatic N) is 4. The summed E-state index contributed by atoms with van der Waals surface area (Å²) in [6.07, 6.45) is 0. The van der Waals surface area contributed by atoms with Crippen LogP contribution in [0.4, 0.5) is 0 Å². The number of rotatable bonds is 5. The third-order valence-corrected chi connectivity index (χ3v) is 5.26.